The van der Waals surface area contributed by atoms with Crippen LogP contribution in [0.4, 0.5) is 0 Å². The van der Waals surface area contributed by atoms with Gasteiger partial charge in [0.05, 0.1) is 20.8 Å². The molecule has 0 aromatic heterocycles. The molecule has 0 aromatic rings. The van der Waals surface area contributed by atoms with E-state index in [1.807, 2.05) is 0 Å². The largest absolute Gasteiger partial charge is 0.407 e. The van der Waals surface area contributed by atoms with Crippen LogP contribution in [0.3, 0.4) is 0 Å². The van der Waals surface area contributed by atoms with E-state index in [2.05, 4.69) is 0 Å². The van der Waals surface area contributed by atoms with Gasteiger partial charge in [-0.3, -0.25) is 0 Å². The van der Waals surface area contributed by atoms with E-state index < -0.39 is 7.94 Å². The van der Waals surface area contributed by atoms with Crippen molar-refractivity contribution in [1.29, 1.82) is 0 Å². The fourth-order valence-electron chi connectivity index (χ4n) is 0.387. The van der Waals surface area contributed by atoms with E-state index in [1.165, 1.54) is 14.2 Å². The number of aliphatic hydroxyl groups is 1. The zero-order valence-electron chi connectivity index (χ0n) is 7.24. The molecule has 0 saturated carbocycles. The first-order chi connectivity index (χ1) is 4.68. The van der Waals surface area contributed by atoms with E-state index in [9.17, 15) is 0 Å². The Labute approximate surface area is 67.8 Å². The van der Waals surface area contributed by atoms with E-state index >= 15 is 0 Å². The molecule has 0 fully saturated rings. The Morgan fingerprint density at radius 3 is 2.00 bits per heavy atom. The molecular weight excluding hydrogens is 169 g/mol. The highest BCUT2D eigenvalue weighted by molar-refractivity contribution is 7.60. The molecule has 0 bridgehead atoms. The summed E-state index contributed by atoms with van der Waals surface area (Å²) in [5, 5.41) is 8.40. The van der Waals surface area contributed by atoms with Crippen LogP contribution in [-0.4, -0.2) is 39.2 Å². The third kappa shape index (κ3) is 5.49. The number of rotatable bonds is 5. The lowest BCUT2D eigenvalue weighted by molar-refractivity contribution is 0.147. The summed E-state index contributed by atoms with van der Waals surface area (Å²) in [7, 11) is 0.937. The van der Waals surface area contributed by atoms with Crippen LogP contribution in [0, 0.1) is 0 Å². The lowest BCUT2D eigenvalue weighted by atomic mass is 10.8. The average Bonchev–Trinajstić information content (AvgIpc) is 2.00. The van der Waals surface area contributed by atoms with Gasteiger partial charge in [-0.25, -0.2) is 0 Å². The van der Waals surface area contributed by atoms with Gasteiger partial charge in [0.1, 0.15) is 13.3 Å². The van der Waals surface area contributed by atoms with E-state index in [4.69, 9.17) is 18.7 Å². The highest BCUT2D eigenvalue weighted by atomic mass is 31.2. The maximum atomic E-state index is 8.40. The molecule has 0 aromatic carbocycles. The average molecular weight is 186 g/mol. The Hall–Kier alpha value is 0.230. The minimum absolute atomic E-state index is 0. The van der Waals surface area contributed by atoms with Gasteiger partial charge in [0, 0.05) is 0 Å². The molecule has 0 amide bonds. The van der Waals surface area contributed by atoms with E-state index in [-0.39, 0.29) is 19.4 Å². The summed E-state index contributed by atoms with van der Waals surface area (Å²) >= 11 is 0. The summed E-state index contributed by atoms with van der Waals surface area (Å²) in [6.07, 6.45) is 0. The van der Waals surface area contributed by atoms with Crippen LogP contribution in [-0.2, 0) is 13.6 Å². The normalized spacial score (nSPS) is 10.9. The Balaban J connectivity index is 0. The van der Waals surface area contributed by atoms with E-state index in [0.717, 1.165) is 0 Å². The molecule has 4 N–H and O–H groups in total. The van der Waals surface area contributed by atoms with Gasteiger partial charge in [0.15, 0.2) is 0 Å². The first kappa shape index (κ1) is 13.8. The number of hydrogen-bond acceptors (Lipinski definition) is 5. The molecular formula is C5H17NO4P+. The lowest BCUT2D eigenvalue weighted by Gasteiger charge is -2.12. The lowest BCUT2D eigenvalue weighted by Crippen LogP contribution is -2.04. The Morgan fingerprint density at radius 1 is 1.27 bits per heavy atom. The second kappa shape index (κ2) is 6.91. The summed E-state index contributed by atoms with van der Waals surface area (Å²) in [5.41, 5.74) is 0. The molecule has 0 radical (unpaired) electrons. The summed E-state index contributed by atoms with van der Waals surface area (Å²) < 4.78 is 15.0. The van der Waals surface area contributed by atoms with Gasteiger partial charge in [-0.2, -0.15) is 13.6 Å². The van der Waals surface area contributed by atoms with Crippen LogP contribution >= 0.6 is 7.94 Å². The fourth-order valence-corrected chi connectivity index (χ4v) is 1.16. The minimum Gasteiger partial charge on any atom is -0.394 e. The van der Waals surface area contributed by atoms with Crippen molar-refractivity contribution in [1.82, 2.24) is 6.15 Å². The standard InChI is InChI=1S/C5H14O4P.H3N/c1-7-10(3,8-2)9-5-4-6;/h6H,4-5H2,1-3H3;1H3/q+1;. The fraction of sp³-hybridized carbons (Fsp3) is 1.00. The second-order valence-corrected chi connectivity index (χ2v) is 4.22. The number of aliphatic hydroxyl groups excluding tert-OH is 1. The third-order valence-corrected chi connectivity index (χ3v) is 3.06. The van der Waals surface area contributed by atoms with Crippen LogP contribution in [0.25, 0.3) is 0 Å². The predicted molar refractivity (Wildman–Crippen MR) is 44.9 cm³/mol. The molecule has 0 aliphatic heterocycles. The quantitative estimate of drug-likeness (QED) is 0.621. The van der Waals surface area contributed by atoms with Gasteiger partial charge >= 0.3 is 7.94 Å². The Bertz CT molecular complexity index is 88.6. The van der Waals surface area contributed by atoms with Crippen molar-refractivity contribution in [2.75, 3.05) is 34.1 Å². The maximum absolute atomic E-state index is 8.40. The Morgan fingerprint density at radius 2 is 1.73 bits per heavy atom. The van der Waals surface area contributed by atoms with Crippen molar-refractivity contribution >= 4 is 7.94 Å². The zero-order valence-corrected chi connectivity index (χ0v) is 8.13. The monoisotopic (exact) mass is 186 g/mol. The van der Waals surface area contributed by atoms with Crippen molar-refractivity contribution in [3.05, 3.63) is 0 Å². The molecule has 0 heterocycles. The van der Waals surface area contributed by atoms with Crippen LogP contribution in [0.5, 0.6) is 0 Å². The second-order valence-electron chi connectivity index (χ2n) is 1.69. The van der Waals surface area contributed by atoms with Gasteiger partial charge in [0.25, 0.3) is 0 Å². The van der Waals surface area contributed by atoms with Gasteiger partial charge in [-0.1, -0.05) is 0 Å². The summed E-state index contributed by atoms with van der Waals surface area (Å²) in [6.45, 7) is 1.98. The summed E-state index contributed by atoms with van der Waals surface area (Å²) in [4.78, 5) is 0. The van der Waals surface area contributed by atoms with Crippen LogP contribution < -0.4 is 6.15 Å². The molecule has 0 unspecified atom stereocenters. The van der Waals surface area contributed by atoms with Gasteiger partial charge in [-0.05, 0) is 0 Å². The Kier molecular flexibility index (Phi) is 8.67. The van der Waals surface area contributed by atoms with Crippen molar-refractivity contribution in [3.63, 3.8) is 0 Å². The van der Waals surface area contributed by atoms with Crippen molar-refractivity contribution in [2.45, 2.75) is 0 Å². The molecule has 0 aliphatic carbocycles. The SMILES string of the molecule is CO[P+](C)(OC)OCCO.N. The smallest absolute Gasteiger partial charge is 0.394 e. The molecule has 5 nitrogen and oxygen atoms in total. The van der Waals surface area contributed by atoms with Crippen molar-refractivity contribution in [3.8, 4) is 0 Å². The summed E-state index contributed by atoms with van der Waals surface area (Å²) in [5.74, 6) is 0. The molecule has 6 heteroatoms. The minimum atomic E-state index is -2.11. The zero-order chi connectivity index (χ0) is 8.04. The van der Waals surface area contributed by atoms with E-state index in [1.54, 1.807) is 6.66 Å². The van der Waals surface area contributed by atoms with Crippen LogP contribution in [0.2, 0.25) is 0 Å². The van der Waals surface area contributed by atoms with E-state index in [0.29, 0.717) is 0 Å². The van der Waals surface area contributed by atoms with Crippen molar-refractivity contribution in [2.24, 2.45) is 0 Å². The molecule has 0 aliphatic rings. The van der Waals surface area contributed by atoms with Crippen molar-refractivity contribution < 1.29 is 18.7 Å². The first-order valence-electron chi connectivity index (χ1n) is 2.92. The topological polar surface area (TPSA) is 82.9 Å². The molecule has 0 spiro atoms. The predicted octanol–water partition coefficient (Wildman–Crippen LogP) is 0.842. The maximum Gasteiger partial charge on any atom is 0.407 e. The molecule has 0 saturated heterocycles. The van der Waals surface area contributed by atoms with Crippen LogP contribution in [0.15, 0.2) is 0 Å². The number of hydrogen-bond donors (Lipinski definition) is 2. The van der Waals surface area contributed by atoms with Gasteiger partial charge < -0.3 is 11.3 Å². The molecule has 0 atom stereocenters. The molecule has 70 valence electrons. The first-order valence-corrected chi connectivity index (χ1v) is 4.91. The van der Waals surface area contributed by atoms with Gasteiger partial charge in [0.2, 0.25) is 0 Å². The van der Waals surface area contributed by atoms with Crippen LogP contribution in [0.1, 0.15) is 0 Å². The highest BCUT2D eigenvalue weighted by Crippen LogP contribution is 2.56. The highest BCUT2D eigenvalue weighted by Gasteiger charge is 2.34. The summed E-state index contributed by atoms with van der Waals surface area (Å²) in [6, 6.07) is 0. The van der Waals surface area contributed by atoms with Gasteiger partial charge in [-0.15, -0.1) is 0 Å². The third-order valence-electron chi connectivity index (χ3n) is 1.08. The molecule has 0 rings (SSSR count). The molecule has 11 heavy (non-hydrogen) atoms.